The molecule has 0 aromatic heterocycles. The summed E-state index contributed by atoms with van der Waals surface area (Å²) in [4.78, 5) is 11.9. The number of nitrogens with one attached hydrogen (secondary N) is 2. The molecule has 3 heteroatoms. The molecular weight excluding hydrogens is 236 g/mol. The van der Waals surface area contributed by atoms with Crippen molar-refractivity contribution in [3.8, 4) is 0 Å². The second-order valence-electron chi connectivity index (χ2n) is 5.69. The maximum atomic E-state index is 11.9. The molecule has 1 aliphatic heterocycles. The highest BCUT2D eigenvalue weighted by Gasteiger charge is 2.26. The molecule has 0 radical (unpaired) electrons. The van der Waals surface area contributed by atoms with Crippen molar-refractivity contribution in [1.29, 1.82) is 0 Å². The maximum absolute atomic E-state index is 11.9. The molecule has 0 spiro atoms. The largest absolute Gasteiger partial charge is 0.355 e. The number of rotatable bonds is 4. The average molecular weight is 258 g/mol. The van der Waals surface area contributed by atoms with E-state index in [2.05, 4.69) is 34.9 Å². The van der Waals surface area contributed by atoms with Gasteiger partial charge in [-0.2, -0.15) is 0 Å². The van der Waals surface area contributed by atoms with E-state index in [1.807, 2.05) is 0 Å². The predicted molar refractivity (Wildman–Crippen MR) is 75.9 cm³/mol. The Balaban J connectivity index is 1.63. The summed E-state index contributed by atoms with van der Waals surface area (Å²) >= 11 is 0. The molecule has 1 amide bonds. The molecule has 1 atom stereocenters. The van der Waals surface area contributed by atoms with Crippen molar-refractivity contribution in [2.75, 3.05) is 6.54 Å². The van der Waals surface area contributed by atoms with Gasteiger partial charge in [-0.25, -0.2) is 0 Å². The lowest BCUT2D eigenvalue weighted by molar-refractivity contribution is -0.122. The molecule has 1 saturated heterocycles. The van der Waals surface area contributed by atoms with Crippen LogP contribution in [0.15, 0.2) is 24.3 Å². The van der Waals surface area contributed by atoms with Gasteiger partial charge in [0.2, 0.25) is 5.91 Å². The van der Waals surface area contributed by atoms with E-state index >= 15 is 0 Å². The lowest BCUT2D eigenvalue weighted by atomic mass is 10.0. The standard InChI is InChI=1S/C16H22N2O/c19-16-15(7-3-4-10-17-16)18-11-13-5-1-2-6-14(13)12-8-9-12/h1-2,5-6,12,15,18H,3-4,7-11H2,(H,17,19). The summed E-state index contributed by atoms with van der Waals surface area (Å²) in [5.74, 6) is 0.933. The van der Waals surface area contributed by atoms with Gasteiger partial charge in [0.25, 0.3) is 0 Å². The zero-order valence-electron chi connectivity index (χ0n) is 11.3. The summed E-state index contributed by atoms with van der Waals surface area (Å²) in [5, 5.41) is 6.42. The third-order valence-electron chi connectivity index (χ3n) is 4.15. The summed E-state index contributed by atoms with van der Waals surface area (Å²) in [5.41, 5.74) is 2.84. The lowest BCUT2D eigenvalue weighted by Gasteiger charge is -2.16. The lowest BCUT2D eigenvalue weighted by Crippen LogP contribution is -2.42. The second kappa shape index (κ2) is 5.74. The van der Waals surface area contributed by atoms with E-state index in [9.17, 15) is 4.79 Å². The predicted octanol–water partition coefficient (Wildman–Crippen LogP) is 2.32. The average Bonchev–Trinajstić information content (AvgIpc) is 3.26. The Morgan fingerprint density at radius 1 is 1.16 bits per heavy atom. The van der Waals surface area contributed by atoms with Crippen LogP contribution in [0.4, 0.5) is 0 Å². The van der Waals surface area contributed by atoms with Crippen LogP contribution in [-0.4, -0.2) is 18.5 Å². The summed E-state index contributed by atoms with van der Waals surface area (Å²) in [6.45, 7) is 1.64. The molecule has 102 valence electrons. The molecular formula is C16H22N2O. The van der Waals surface area contributed by atoms with Crippen LogP contribution < -0.4 is 10.6 Å². The van der Waals surface area contributed by atoms with Crippen molar-refractivity contribution in [2.45, 2.75) is 50.6 Å². The molecule has 3 rings (SSSR count). The van der Waals surface area contributed by atoms with Gasteiger partial charge in [-0.1, -0.05) is 24.3 Å². The van der Waals surface area contributed by atoms with E-state index in [1.165, 1.54) is 24.0 Å². The van der Waals surface area contributed by atoms with Gasteiger partial charge in [0.05, 0.1) is 6.04 Å². The van der Waals surface area contributed by atoms with Gasteiger partial charge in [0.15, 0.2) is 0 Å². The Kier molecular flexibility index (Phi) is 3.83. The number of carbonyl (C=O) groups is 1. The van der Waals surface area contributed by atoms with Crippen molar-refractivity contribution in [1.82, 2.24) is 10.6 Å². The van der Waals surface area contributed by atoms with Gasteiger partial charge < -0.3 is 10.6 Å². The molecule has 2 N–H and O–H groups in total. The van der Waals surface area contributed by atoms with Gasteiger partial charge >= 0.3 is 0 Å². The first-order valence-electron chi connectivity index (χ1n) is 7.43. The third kappa shape index (κ3) is 3.16. The third-order valence-corrected chi connectivity index (χ3v) is 4.15. The van der Waals surface area contributed by atoms with Gasteiger partial charge in [-0.3, -0.25) is 4.79 Å². The molecule has 1 unspecified atom stereocenters. The second-order valence-corrected chi connectivity index (χ2v) is 5.69. The summed E-state index contributed by atoms with van der Waals surface area (Å²) in [6, 6.07) is 8.62. The maximum Gasteiger partial charge on any atom is 0.237 e. The molecule has 3 nitrogen and oxygen atoms in total. The van der Waals surface area contributed by atoms with Crippen LogP contribution in [0.3, 0.4) is 0 Å². The molecule has 1 saturated carbocycles. The molecule has 1 aromatic rings. The summed E-state index contributed by atoms with van der Waals surface area (Å²) in [6.07, 6.45) is 5.82. The van der Waals surface area contributed by atoms with Crippen LogP contribution in [0, 0.1) is 0 Å². The monoisotopic (exact) mass is 258 g/mol. The Bertz CT molecular complexity index is 454. The van der Waals surface area contributed by atoms with E-state index in [4.69, 9.17) is 0 Å². The van der Waals surface area contributed by atoms with Crippen LogP contribution in [-0.2, 0) is 11.3 Å². The molecule has 0 bridgehead atoms. The van der Waals surface area contributed by atoms with E-state index < -0.39 is 0 Å². The molecule has 19 heavy (non-hydrogen) atoms. The van der Waals surface area contributed by atoms with Crippen LogP contribution in [0.5, 0.6) is 0 Å². The topological polar surface area (TPSA) is 41.1 Å². The molecule has 1 aliphatic carbocycles. The SMILES string of the molecule is O=C1NCCCCC1NCc1ccccc1C1CC1. The zero-order chi connectivity index (χ0) is 13.1. The fourth-order valence-electron chi connectivity index (χ4n) is 2.86. The Morgan fingerprint density at radius 3 is 2.84 bits per heavy atom. The van der Waals surface area contributed by atoms with Crippen molar-refractivity contribution in [3.05, 3.63) is 35.4 Å². The summed E-state index contributed by atoms with van der Waals surface area (Å²) < 4.78 is 0. The number of amides is 1. The quantitative estimate of drug-likeness (QED) is 0.870. The van der Waals surface area contributed by atoms with Crippen LogP contribution in [0.2, 0.25) is 0 Å². The number of hydrogen-bond acceptors (Lipinski definition) is 2. The minimum Gasteiger partial charge on any atom is -0.355 e. The smallest absolute Gasteiger partial charge is 0.237 e. The zero-order valence-corrected chi connectivity index (χ0v) is 11.3. The molecule has 2 aliphatic rings. The normalized spacial score (nSPS) is 23.8. The van der Waals surface area contributed by atoms with Crippen molar-refractivity contribution < 1.29 is 4.79 Å². The van der Waals surface area contributed by atoms with Crippen LogP contribution in [0.25, 0.3) is 0 Å². The Morgan fingerprint density at radius 2 is 2.00 bits per heavy atom. The van der Waals surface area contributed by atoms with Crippen molar-refractivity contribution in [3.63, 3.8) is 0 Å². The molecule has 1 aromatic carbocycles. The minimum absolute atomic E-state index is 0.0187. The molecule has 2 fully saturated rings. The van der Waals surface area contributed by atoms with E-state index in [1.54, 1.807) is 0 Å². The highest BCUT2D eigenvalue weighted by Crippen LogP contribution is 2.41. The first-order chi connectivity index (χ1) is 9.34. The van der Waals surface area contributed by atoms with Crippen molar-refractivity contribution >= 4 is 5.91 Å². The number of benzene rings is 1. The Labute approximate surface area is 114 Å². The highest BCUT2D eigenvalue weighted by molar-refractivity contribution is 5.81. The summed E-state index contributed by atoms with van der Waals surface area (Å²) in [7, 11) is 0. The van der Waals surface area contributed by atoms with Gasteiger partial charge in [0.1, 0.15) is 0 Å². The number of hydrogen-bond donors (Lipinski definition) is 2. The molecule has 1 heterocycles. The fraction of sp³-hybridized carbons (Fsp3) is 0.562. The van der Waals surface area contributed by atoms with Gasteiger partial charge in [-0.15, -0.1) is 0 Å². The first kappa shape index (κ1) is 12.7. The fourth-order valence-corrected chi connectivity index (χ4v) is 2.86. The van der Waals surface area contributed by atoms with Crippen LogP contribution in [0.1, 0.15) is 49.1 Å². The van der Waals surface area contributed by atoms with E-state index in [-0.39, 0.29) is 11.9 Å². The van der Waals surface area contributed by atoms with Gasteiger partial charge in [0, 0.05) is 13.1 Å². The van der Waals surface area contributed by atoms with Crippen molar-refractivity contribution in [2.24, 2.45) is 0 Å². The van der Waals surface area contributed by atoms with E-state index in [0.717, 1.165) is 38.3 Å². The Hall–Kier alpha value is -1.35. The van der Waals surface area contributed by atoms with Crippen LogP contribution >= 0.6 is 0 Å². The highest BCUT2D eigenvalue weighted by atomic mass is 16.2. The first-order valence-corrected chi connectivity index (χ1v) is 7.43. The minimum atomic E-state index is -0.0187. The van der Waals surface area contributed by atoms with E-state index in [0.29, 0.717) is 0 Å². The van der Waals surface area contributed by atoms with Gasteiger partial charge in [-0.05, 0) is 49.1 Å². The number of carbonyl (C=O) groups excluding carboxylic acids is 1.